The molecular weight excluding hydrogens is 569 g/mol. The number of ether oxygens (including phenoxy) is 3. The molecule has 2 unspecified atom stereocenters. The monoisotopic (exact) mass is 601 g/mol. The fourth-order valence-electron chi connectivity index (χ4n) is 4.45. The molecule has 3 aliphatic rings. The van der Waals surface area contributed by atoms with Crippen molar-refractivity contribution in [2.45, 2.75) is 57.8 Å². The topological polar surface area (TPSA) is 158 Å². The number of unbranched alkanes of at least 4 members (excludes halogenated alkanes) is 1. The molecule has 0 bridgehead atoms. The second-order valence-electron chi connectivity index (χ2n) is 9.93. The Morgan fingerprint density at radius 3 is 2.49 bits per heavy atom. The van der Waals surface area contributed by atoms with Gasteiger partial charge in [0.15, 0.2) is 17.9 Å². The van der Waals surface area contributed by atoms with Gasteiger partial charge in [-0.2, -0.15) is 0 Å². The maximum absolute atomic E-state index is 14.8. The number of amides is 5. The number of carbonyl (C=O) groups excluding carboxylic acids is 6. The Morgan fingerprint density at radius 1 is 1.09 bits per heavy atom. The van der Waals surface area contributed by atoms with Crippen LogP contribution in [0.1, 0.15) is 57.3 Å². The highest BCUT2D eigenvalue weighted by molar-refractivity contribution is 6.13. The number of benzene rings is 1. The lowest BCUT2D eigenvalue weighted by Crippen LogP contribution is -2.35. The van der Waals surface area contributed by atoms with Crippen LogP contribution < -0.4 is 10.1 Å². The minimum absolute atomic E-state index is 0.00606. The van der Waals surface area contributed by atoms with Gasteiger partial charge in [0.25, 0.3) is 23.6 Å². The SMILES string of the molecule is C/C=C(/COc1ccc(C2OCC(CCCCNC(=O)CCN3C(=O)C=CC3=O)O2)cc1F)C(=O)ON1C(=O)CCC1=O. The van der Waals surface area contributed by atoms with Gasteiger partial charge < -0.3 is 24.4 Å². The molecule has 3 heterocycles. The van der Waals surface area contributed by atoms with E-state index in [4.69, 9.17) is 19.0 Å². The van der Waals surface area contributed by atoms with E-state index in [1.807, 2.05) is 0 Å². The van der Waals surface area contributed by atoms with Crippen molar-refractivity contribution in [3.05, 3.63) is 53.4 Å². The molecule has 13 nitrogen and oxygen atoms in total. The van der Waals surface area contributed by atoms with Gasteiger partial charge in [-0.1, -0.05) is 12.1 Å². The summed E-state index contributed by atoms with van der Waals surface area (Å²) in [5, 5.41) is 3.19. The first-order valence-corrected chi connectivity index (χ1v) is 13.9. The summed E-state index contributed by atoms with van der Waals surface area (Å²) in [5.41, 5.74) is 0.440. The van der Waals surface area contributed by atoms with Crippen molar-refractivity contribution in [3.8, 4) is 5.75 Å². The standard InChI is InChI=1S/C29H32FN3O10/c1-2-18(28(39)43-33-26(37)10-11-27(33)38)16-40-22-7-6-19(15-21(22)30)29-41-17-20(42-29)5-3-4-13-31-23(34)12-14-32-24(35)8-9-25(32)36/h2,6-9,15,20,29H,3-5,10-14,16-17H2,1H3,(H,31,34)/b18-2-. The van der Waals surface area contributed by atoms with Gasteiger partial charge in [-0.15, -0.1) is 5.06 Å². The molecule has 5 amide bonds. The predicted molar refractivity (Wildman–Crippen MR) is 144 cm³/mol. The second-order valence-corrected chi connectivity index (χ2v) is 9.93. The van der Waals surface area contributed by atoms with Crippen molar-refractivity contribution >= 4 is 35.5 Å². The lowest BCUT2D eigenvalue weighted by Gasteiger charge is -2.15. The molecule has 2 atom stereocenters. The first-order chi connectivity index (χ1) is 20.7. The number of nitrogens with one attached hydrogen (secondary N) is 1. The molecular formula is C29H32FN3O10. The summed E-state index contributed by atoms with van der Waals surface area (Å²) in [6.45, 7) is 1.98. The van der Waals surface area contributed by atoms with E-state index in [0.717, 1.165) is 11.3 Å². The molecule has 0 aliphatic carbocycles. The molecule has 0 saturated carbocycles. The third-order valence-corrected chi connectivity index (χ3v) is 6.89. The number of carbonyl (C=O) groups is 6. The number of halogens is 1. The van der Waals surface area contributed by atoms with E-state index in [1.54, 1.807) is 6.07 Å². The van der Waals surface area contributed by atoms with Crippen molar-refractivity contribution in [2.24, 2.45) is 0 Å². The first kappa shape index (κ1) is 31.5. The van der Waals surface area contributed by atoms with Crippen molar-refractivity contribution in [1.82, 2.24) is 15.3 Å². The summed E-state index contributed by atoms with van der Waals surface area (Å²) in [4.78, 5) is 76.5. The van der Waals surface area contributed by atoms with E-state index in [0.29, 0.717) is 36.6 Å². The maximum Gasteiger partial charge on any atom is 0.363 e. The highest BCUT2D eigenvalue weighted by Gasteiger charge is 2.34. The Kier molecular flexibility index (Phi) is 10.7. The van der Waals surface area contributed by atoms with Crippen LogP contribution in [0.15, 0.2) is 42.0 Å². The van der Waals surface area contributed by atoms with Crippen LogP contribution in [0.2, 0.25) is 0 Å². The van der Waals surface area contributed by atoms with E-state index in [9.17, 15) is 33.2 Å². The molecule has 1 aromatic carbocycles. The quantitative estimate of drug-likeness (QED) is 0.189. The van der Waals surface area contributed by atoms with E-state index in [1.165, 1.54) is 37.3 Å². The molecule has 1 aromatic rings. The van der Waals surface area contributed by atoms with Gasteiger partial charge in [0, 0.05) is 50.1 Å². The van der Waals surface area contributed by atoms with Crippen LogP contribution in [0.25, 0.3) is 0 Å². The molecule has 0 aromatic heterocycles. The van der Waals surface area contributed by atoms with E-state index in [-0.39, 0.29) is 55.7 Å². The van der Waals surface area contributed by atoms with Gasteiger partial charge in [0.1, 0.15) is 6.61 Å². The number of hydroxylamine groups is 2. The molecule has 1 N–H and O–H groups in total. The van der Waals surface area contributed by atoms with Crippen molar-refractivity contribution < 1.29 is 52.2 Å². The van der Waals surface area contributed by atoms with Crippen molar-refractivity contribution in [1.29, 1.82) is 0 Å². The van der Waals surface area contributed by atoms with Crippen LogP contribution in [0.5, 0.6) is 5.75 Å². The van der Waals surface area contributed by atoms with Gasteiger partial charge in [-0.05, 0) is 38.3 Å². The van der Waals surface area contributed by atoms with E-state index < -0.39 is 41.7 Å². The zero-order valence-electron chi connectivity index (χ0n) is 23.5. The second kappa shape index (κ2) is 14.6. The summed E-state index contributed by atoms with van der Waals surface area (Å²) >= 11 is 0. The predicted octanol–water partition coefficient (Wildman–Crippen LogP) is 1.77. The summed E-state index contributed by atoms with van der Waals surface area (Å²) in [6.07, 6.45) is 4.82. The zero-order chi connectivity index (χ0) is 30.9. The minimum atomic E-state index is -0.949. The van der Waals surface area contributed by atoms with Gasteiger partial charge in [0.05, 0.1) is 18.3 Å². The van der Waals surface area contributed by atoms with Gasteiger partial charge in [0.2, 0.25) is 5.91 Å². The maximum atomic E-state index is 14.8. The molecule has 43 heavy (non-hydrogen) atoms. The van der Waals surface area contributed by atoms with Crippen LogP contribution in [0.4, 0.5) is 4.39 Å². The van der Waals surface area contributed by atoms with Crippen molar-refractivity contribution in [3.63, 3.8) is 0 Å². The van der Waals surface area contributed by atoms with Crippen LogP contribution in [0, 0.1) is 5.82 Å². The van der Waals surface area contributed by atoms with Gasteiger partial charge in [-0.3, -0.25) is 28.9 Å². The lowest BCUT2D eigenvalue weighted by molar-refractivity contribution is -0.194. The summed E-state index contributed by atoms with van der Waals surface area (Å²) < 4.78 is 31.8. The highest BCUT2D eigenvalue weighted by Crippen LogP contribution is 2.31. The van der Waals surface area contributed by atoms with Gasteiger partial charge in [-0.25, -0.2) is 9.18 Å². The van der Waals surface area contributed by atoms with Crippen LogP contribution in [0.3, 0.4) is 0 Å². The first-order valence-electron chi connectivity index (χ1n) is 13.9. The van der Waals surface area contributed by atoms with Gasteiger partial charge >= 0.3 is 5.97 Å². The van der Waals surface area contributed by atoms with E-state index >= 15 is 0 Å². The molecule has 2 fully saturated rings. The number of hydrogen-bond donors (Lipinski definition) is 1. The molecule has 14 heteroatoms. The normalized spacial score (nSPS) is 20.4. The molecule has 4 rings (SSSR count). The third-order valence-electron chi connectivity index (χ3n) is 6.89. The lowest BCUT2D eigenvalue weighted by atomic mass is 10.1. The minimum Gasteiger partial charge on any atom is -0.486 e. The summed E-state index contributed by atoms with van der Waals surface area (Å²) in [6, 6.07) is 4.17. The van der Waals surface area contributed by atoms with Crippen LogP contribution in [-0.4, -0.2) is 77.9 Å². The smallest absolute Gasteiger partial charge is 0.363 e. The Morgan fingerprint density at radius 2 is 1.81 bits per heavy atom. The Balaban J connectivity index is 1.14. The van der Waals surface area contributed by atoms with Crippen LogP contribution >= 0.6 is 0 Å². The largest absolute Gasteiger partial charge is 0.486 e. The number of nitrogens with zero attached hydrogens (tertiary/aromatic N) is 2. The molecule has 3 aliphatic heterocycles. The average molecular weight is 602 g/mol. The van der Waals surface area contributed by atoms with Crippen molar-refractivity contribution in [2.75, 3.05) is 26.3 Å². The molecule has 0 radical (unpaired) electrons. The molecule has 2 saturated heterocycles. The zero-order valence-corrected chi connectivity index (χ0v) is 23.5. The number of imide groups is 2. The Bertz CT molecular complexity index is 1310. The molecule has 0 spiro atoms. The average Bonchev–Trinajstić information content (AvgIpc) is 3.68. The third kappa shape index (κ3) is 8.32. The summed E-state index contributed by atoms with van der Waals surface area (Å²) in [7, 11) is 0. The molecule has 230 valence electrons. The fourth-order valence-corrected chi connectivity index (χ4v) is 4.45. The fraction of sp³-hybridized carbons (Fsp3) is 0.448. The highest BCUT2D eigenvalue weighted by atomic mass is 19.1. The van der Waals surface area contributed by atoms with Crippen LogP contribution in [-0.2, 0) is 43.1 Å². The number of allylic oxidation sites excluding steroid dienone is 1. The Labute approximate surface area is 246 Å². The van der Waals surface area contributed by atoms with E-state index in [2.05, 4.69) is 5.32 Å². The summed E-state index contributed by atoms with van der Waals surface area (Å²) in [5.74, 6) is -4.09. The number of hydrogen-bond acceptors (Lipinski definition) is 10. The number of rotatable bonds is 14. The Hall–Kier alpha value is -4.43.